The highest BCUT2D eigenvalue weighted by Gasteiger charge is 2.54. The first kappa shape index (κ1) is 19.4. The summed E-state index contributed by atoms with van der Waals surface area (Å²) in [6, 6.07) is 0. The molecular weight excluding hydrogens is 328 g/mol. The summed E-state index contributed by atoms with van der Waals surface area (Å²) in [6.45, 7) is 3.95. The molecule has 0 saturated carbocycles. The molecule has 0 aromatic rings. The number of rotatable bonds is 6. The molecule has 1 saturated heterocycles. The van der Waals surface area contributed by atoms with E-state index >= 15 is 0 Å². The number of hydrogen-bond donors (Lipinski definition) is 0. The molecule has 0 N–H and O–H groups in total. The van der Waals surface area contributed by atoms with E-state index in [2.05, 4.69) is 0 Å². The fraction of sp³-hybridized carbons (Fsp3) is 0.643. The quantitative estimate of drug-likeness (QED) is 0.448. The van der Waals surface area contributed by atoms with Crippen LogP contribution in [0.2, 0.25) is 0 Å². The molecule has 10 nitrogen and oxygen atoms in total. The third-order valence-electron chi connectivity index (χ3n) is 2.84. The van der Waals surface area contributed by atoms with E-state index in [0.717, 1.165) is 27.7 Å². The molecule has 1 aliphatic heterocycles. The molecule has 4 atom stereocenters. The summed E-state index contributed by atoms with van der Waals surface area (Å²) in [7, 11) is 0. The van der Waals surface area contributed by atoms with Crippen LogP contribution in [0.15, 0.2) is 0 Å². The average Bonchev–Trinajstić information content (AvgIpc) is 2.70. The fourth-order valence-electron chi connectivity index (χ4n) is 2.09. The molecule has 0 unspecified atom stereocenters. The van der Waals surface area contributed by atoms with Gasteiger partial charge < -0.3 is 23.7 Å². The molecule has 0 radical (unpaired) electrons. The van der Waals surface area contributed by atoms with Gasteiger partial charge in [-0.05, 0) is 0 Å². The molecule has 1 rings (SSSR count). The molecule has 0 amide bonds. The topological polar surface area (TPSA) is 132 Å². The van der Waals surface area contributed by atoms with Crippen LogP contribution < -0.4 is 0 Å². The molecule has 10 heteroatoms. The van der Waals surface area contributed by atoms with Crippen LogP contribution in [0.5, 0.6) is 0 Å². The van der Waals surface area contributed by atoms with Gasteiger partial charge in [0.05, 0.1) is 0 Å². The van der Waals surface area contributed by atoms with Crippen molar-refractivity contribution in [2.24, 2.45) is 0 Å². The van der Waals surface area contributed by atoms with Crippen LogP contribution in [0.3, 0.4) is 0 Å². The van der Waals surface area contributed by atoms with Gasteiger partial charge in [-0.25, -0.2) is 4.79 Å². The van der Waals surface area contributed by atoms with Crippen molar-refractivity contribution in [1.29, 1.82) is 0 Å². The Morgan fingerprint density at radius 1 is 0.958 bits per heavy atom. The van der Waals surface area contributed by atoms with Crippen molar-refractivity contribution in [3.63, 3.8) is 0 Å². The predicted molar refractivity (Wildman–Crippen MR) is 73.2 cm³/mol. The van der Waals surface area contributed by atoms with E-state index in [1.807, 2.05) is 0 Å². The zero-order chi connectivity index (χ0) is 18.4. The molecule has 0 spiro atoms. The van der Waals surface area contributed by atoms with Crippen molar-refractivity contribution in [2.75, 3.05) is 6.61 Å². The molecule has 0 bridgehead atoms. The highest BCUT2D eigenvalue weighted by Crippen LogP contribution is 2.27. The SMILES string of the molecule is CC(=O)OC[C@@H](OC(C)=O)[C@H]1OC(=O)[C@@H](OC(C)=O)[C@H]1OC(C)=O. The maximum absolute atomic E-state index is 11.9. The monoisotopic (exact) mass is 346 g/mol. The van der Waals surface area contributed by atoms with Crippen LogP contribution >= 0.6 is 0 Å². The number of esters is 5. The minimum Gasteiger partial charge on any atom is -0.462 e. The number of hydrogen-bond acceptors (Lipinski definition) is 10. The zero-order valence-electron chi connectivity index (χ0n) is 13.6. The van der Waals surface area contributed by atoms with Gasteiger partial charge in [-0.15, -0.1) is 0 Å². The maximum Gasteiger partial charge on any atom is 0.352 e. The van der Waals surface area contributed by atoms with Crippen molar-refractivity contribution in [3.05, 3.63) is 0 Å². The first-order valence-electron chi connectivity index (χ1n) is 6.97. The highest BCUT2D eigenvalue weighted by atomic mass is 16.7. The first-order chi connectivity index (χ1) is 11.1. The Morgan fingerprint density at radius 2 is 1.54 bits per heavy atom. The maximum atomic E-state index is 11.9. The highest BCUT2D eigenvalue weighted by molar-refractivity contribution is 5.82. The number of ether oxygens (including phenoxy) is 5. The lowest BCUT2D eigenvalue weighted by atomic mass is 10.1. The van der Waals surface area contributed by atoms with Crippen molar-refractivity contribution in [1.82, 2.24) is 0 Å². The Kier molecular flexibility index (Phi) is 6.69. The molecule has 24 heavy (non-hydrogen) atoms. The summed E-state index contributed by atoms with van der Waals surface area (Å²) < 4.78 is 24.6. The minimum absolute atomic E-state index is 0.433. The predicted octanol–water partition coefficient (Wildman–Crippen LogP) is -0.730. The summed E-state index contributed by atoms with van der Waals surface area (Å²) in [6.07, 6.45) is -5.39. The van der Waals surface area contributed by atoms with E-state index < -0.39 is 60.9 Å². The van der Waals surface area contributed by atoms with E-state index in [0.29, 0.717) is 0 Å². The molecule has 0 aromatic carbocycles. The standard InChI is InChI=1S/C14H18O10/c1-6(15)20-5-10(21-7(2)16)11-12(22-8(3)17)13(14(19)24-11)23-9(4)18/h10-13H,5H2,1-4H3/t10-,11-,12+,13+/m1/s1. The van der Waals surface area contributed by atoms with Gasteiger partial charge in [-0.3, -0.25) is 19.2 Å². The smallest absolute Gasteiger partial charge is 0.352 e. The van der Waals surface area contributed by atoms with Crippen LogP contribution in [0, 0.1) is 0 Å². The third-order valence-corrected chi connectivity index (χ3v) is 2.84. The summed E-state index contributed by atoms with van der Waals surface area (Å²) >= 11 is 0. The molecular formula is C14H18O10. The average molecular weight is 346 g/mol. The fourth-order valence-corrected chi connectivity index (χ4v) is 2.09. The van der Waals surface area contributed by atoms with Crippen LogP contribution in [0.4, 0.5) is 0 Å². The molecule has 1 heterocycles. The van der Waals surface area contributed by atoms with Crippen LogP contribution in [0.1, 0.15) is 27.7 Å². The lowest BCUT2D eigenvalue weighted by molar-refractivity contribution is -0.177. The number of carbonyl (C=O) groups excluding carboxylic acids is 5. The minimum atomic E-state index is -1.51. The summed E-state index contributed by atoms with van der Waals surface area (Å²) in [5.41, 5.74) is 0. The van der Waals surface area contributed by atoms with Gasteiger partial charge in [0.2, 0.25) is 6.10 Å². The van der Waals surface area contributed by atoms with Gasteiger partial charge in [-0.1, -0.05) is 0 Å². The second-order valence-corrected chi connectivity index (χ2v) is 4.96. The number of carbonyl (C=O) groups is 5. The first-order valence-corrected chi connectivity index (χ1v) is 6.97. The molecule has 0 aromatic heterocycles. The van der Waals surface area contributed by atoms with Crippen LogP contribution in [-0.2, 0) is 47.7 Å². The van der Waals surface area contributed by atoms with Crippen molar-refractivity contribution in [2.45, 2.75) is 52.1 Å². The third kappa shape index (κ3) is 5.52. The Balaban J connectivity index is 3.05. The van der Waals surface area contributed by atoms with Gasteiger partial charge in [0.25, 0.3) is 0 Å². The number of cyclic esters (lactones) is 1. The van der Waals surface area contributed by atoms with Crippen molar-refractivity contribution < 1.29 is 47.7 Å². The van der Waals surface area contributed by atoms with Crippen LogP contribution in [-0.4, -0.2) is 60.9 Å². The summed E-state index contributed by atoms with van der Waals surface area (Å²) in [5, 5.41) is 0. The van der Waals surface area contributed by atoms with E-state index in [1.165, 1.54) is 0 Å². The summed E-state index contributed by atoms with van der Waals surface area (Å²) in [4.78, 5) is 56.5. The molecule has 134 valence electrons. The van der Waals surface area contributed by atoms with Gasteiger partial charge in [0.15, 0.2) is 18.3 Å². The Labute approximate surface area is 137 Å². The van der Waals surface area contributed by atoms with Crippen molar-refractivity contribution >= 4 is 29.8 Å². The van der Waals surface area contributed by atoms with E-state index in [9.17, 15) is 24.0 Å². The van der Waals surface area contributed by atoms with Crippen molar-refractivity contribution in [3.8, 4) is 0 Å². The van der Waals surface area contributed by atoms with Crippen LogP contribution in [0.25, 0.3) is 0 Å². The van der Waals surface area contributed by atoms with E-state index in [4.69, 9.17) is 23.7 Å². The second-order valence-electron chi connectivity index (χ2n) is 4.96. The lowest BCUT2D eigenvalue weighted by Gasteiger charge is -2.26. The van der Waals surface area contributed by atoms with E-state index in [1.54, 1.807) is 0 Å². The van der Waals surface area contributed by atoms with E-state index in [-0.39, 0.29) is 0 Å². The lowest BCUT2D eigenvalue weighted by Crippen LogP contribution is -2.46. The Hall–Kier alpha value is -2.65. The Morgan fingerprint density at radius 3 is 2.00 bits per heavy atom. The van der Waals surface area contributed by atoms with Gasteiger partial charge in [0, 0.05) is 27.7 Å². The largest absolute Gasteiger partial charge is 0.462 e. The molecule has 0 aliphatic carbocycles. The Bertz CT molecular complexity index is 540. The molecule has 1 aliphatic rings. The van der Waals surface area contributed by atoms with Gasteiger partial charge in [0.1, 0.15) is 6.61 Å². The van der Waals surface area contributed by atoms with Gasteiger partial charge >= 0.3 is 29.8 Å². The van der Waals surface area contributed by atoms with Gasteiger partial charge in [-0.2, -0.15) is 0 Å². The second kappa shape index (κ2) is 8.27. The zero-order valence-corrected chi connectivity index (χ0v) is 13.6. The normalized spacial score (nSPS) is 23.7. The molecule has 1 fully saturated rings. The summed E-state index contributed by atoms with van der Waals surface area (Å²) in [5.74, 6) is -3.92.